The molecule has 0 amide bonds. The monoisotopic (exact) mass is 382 g/mol. The van der Waals surface area contributed by atoms with Gasteiger partial charge in [0.15, 0.2) is 0 Å². The van der Waals surface area contributed by atoms with E-state index in [1.165, 1.54) is 43.2 Å². The SMILES string of the molecule is C/C=C/CC[Si]1CCC([Si]2CCC(c3ccc(CCC)cc3)CC2)CC1. The minimum atomic E-state index is -0.0502. The van der Waals surface area contributed by atoms with Gasteiger partial charge in [-0.05, 0) is 55.2 Å². The van der Waals surface area contributed by atoms with Gasteiger partial charge in [0.25, 0.3) is 0 Å². The Morgan fingerprint density at radius 2 is 1.65 bits per heavy atom. The van der Waals surface area contributed by atoms with Gasteiger partial charge in [-0.2, -0.15) is 0 Å². The minimum absolute atomic E-state index is 0.0123. The average molecular weight is 383 g/mol. The Bertz CT molecular complexity index is 532. The fraction of sp³-hybridized carbons (Fsp3) is 0.667. The third-order valence-electron chi connectivity index (χ3n) is 6.79. The summed E-state index contributed by atoms with van der Waals surface area (Å²) < 4.78 is 0. The number of benzene rings is 1. The van der Waals surface area contributed by atoms with Gasteiger partial charge in [0.1, 0.15) is 0 Å². The van der Waals surface area contributed by atoms with E-state index in [9.17, 15) is 0 Å². The Kier molecular flexibility index (Phi) is 8.25. The lowest BCUT2D eigenvalue weighted by atomic mass is 9.92. The van der Waals surface area contributed by atoms with E-state index in [2.05, 4.69) is 50.3 Å². The van der Waals surface area contributed by atoms with E-state index in [1.54, 1.807) is 48.6 Å². The smallest absolute Gasteiger partial charge is 0.0512 e. The second-order valence-corrected chi connectivity index (χ2v) is 14.7. The highest BCUT2D eigenvalue weighted by atomic mass is 28.3. The predicted molar refractivity (Wildman–Crippen MR) is 120 cm³/mol. The minimum Gasteiger partial charge on any atom is -0.0917 e. The van der Waals surface area contributed by atoms with Gasteiger partial charge in [-0.3, -0.25) is 0 Å². The van der Waals surface area contributed by atoms with E-state index in [0.717, 1.165) is 5.92 Å². The van der Waals surface area contributed by atoms with Gasteiger partial charge in [-0.25, -0.2) is 0 Å². The maximum atomic E-state index is 2.44. The molecule has 1 aromatic carbocycles. The summed E-state index contributed by atoms with van der Waals surface area (Å²) in [6, 6.07) is 17.6. The Morgan fingerprint density at radius 1 is 0.962 bits per heavy atom. The summed E-state index contributed by atoms with van der Waals surface area (Å²) in [5.41, 5.74) is 4.32. The van der Waals surface area contributed by atoms with E-state index in [-0.39, 0.29) is 17.6 Å². The van der Waals surface area contributed by atoms with Gasteiger partial charge < -0.3 is 0 Å². The molecule has 0 spiro atoms. The lowest BCUT2D eigenvalue weighted by molar-refractivity contribution is 0.585. The zero-order valence-electron chi connectivity index (χ0n) is 17.1. The van der Waals surface area contributed by atoms with Crippen molar-refractivity contribution >= 4 is 17.6 Å². The zero-order valence-corrected chi connectivity index (χ0v) is 19.1. The lowest BCUT2D eigenvalue weighted by Gasteiger charge is -2.36. The maximum absolute atomic E-state index is 2.44. The van der Waals surface area contributed by atoms with Crippen molar-refractivity contribution in [1.82, 2.24) is 0 Å². The van der Waals surface area contributed by atoms with Crippen molar-refractivity contribution in [1.29, 1.82) is 0 Å². The van der Waals surface area contributed by atoms with Crippen LogP contribution in [0.5, 0.6) is 0 Å². The Hall–Kier alpha value is -0.606. The number of hydrogen-bond donors (Lipinski definition) is 0. The van der Waals surface area contributed by atoms with Crippen LogP contribution in [-0.4, -0.2) is 17.6 Å². The molecule has 2 aliphatic heterocycles. The van der Waals surface area contributed by atoms with Crippen molar-refractivity contribution in [3.8, 4) is 0 Å². The first-order valence-corrected chi connectivity index (χ1v) is 15.3. The average Bonchev–Trinajstić information content (AvgIpc) is 2.70. The van der Waals surface area contributed by atoms with E-state index in [1.807, 2.05) is 0 Å². The summed E-state index contributed by atoms with van der Waals surface area (Å²) in [6.45, 7) is 4.43. The van der Waals surface area contributed by atoms with E-state index < -0.39 is 0 Å². The van der Waals surface area contributed by atoms with Gasteiger partial charge in [-0.1, -0.05) is 92.8 Å². The van der Waals surface area contributed by atoms with Crippen LogP contribution in [0.1, 0.15) is 69.4 Å². The van der Waals surface area contributed by atoms with E-state index >= 15 is 0 Å². The zero-order chi connectivity index (χ0) is 18.2. The maximum Gasteiger partial charge on any atom is 0.0512 e. The number of aryl methyl sites for hydroxylation is 1. The Balaban J connectivity index is 1.41. The van der Waals surface area contributed by atoms with Crippen molar-refractivity contribution < 1.29 is 0 Å². The highest BCUT2D eigenvalue weighted by molar-refractivity contribution is 6.63. The summed E-state index contributed by atoms with van der Waals surface area (Å²) in [6.07, 6.45) is 14.6. The molecule has 2 saturated heterocycles. The molecule has 2 heteroatoms. The van der Waals surface area contributed by atoms with Gasteiger partial charge in [0.2, 0.25) is 0 Å². The molecular weight excluding hydrogens is 344 g/mol. The second-order valence-electron chi connectivity index (χ2n) is 8.56. The van der Waals surface area contributed by atoms with Gasteiger partial charge in [0, 0.05) is 8.80 Å². The molecule has 1 aromatic rings. The molecule has 26 heavy (non-hydrogen) atoms. The first kappa shape index (κ1) is 20.1. The third-order valence-corrected chi connectivity index (χ3v) is 13.4. The number of hydrogen-bond acceptors (Lipinski definition) is 0. The molecule has 2 heterocycles. The van der Waals surface area contributed by atoms with E-state index in [0.29, 0.717) is 0 Å². The predicted octanol–water partition coefficient (Wildman–Crippen LogP) is 7.64. The van der Waals surface area contributed by atoms with Crippen LogP contribution in [0.2, 0.25) is 35.8 Å². The fourth-order valence-corrected chi connectivity index (χ4v) is 12.1. The van der Waals surface area contributed by atoms with Gasteiger partial charge >= 0.3 is 0 Å². The van der Waals surface area contributed by atoms with E-state index in [4.69, 9.17) is 0 Å². The standard InChI is InChI=1S/C24H38Si2/c1-3-5-6-16-25-17-14-24(15-18-25)26-19-12-23(13-20-26)22-10-8-21(7-4-2)9-11-22/h3,5,8-11,23-24H,4,6-7,12-20H2,1-2H3/b5-3+. The summed E-state index contributed by atoms with van der Waals surface area (Å²) in [7, 11) is -0.0379. The summed E-state index contributed by atoms with van der Waals surface area (Å²) in [5.74, 6) is 0.864. The van der Waals surface area contributed by atoms with Crippen molar-refractivity contribution in [3.05, 3.63) is 47.5 Å². The van der Waals surface area contributed by atoms with Crippen molar-refractivity contribution in [2.24, 2.45) is 0 Å². The summed E-state index contributed by atoms with van der Waals surface area (Å²) >= 11 is 0. The molecule has 142 valence electrons. The largest absolute Gasteiger partial charge is 0.0917 e. The number of allylic oxidation sites excluding steroid dienone is 2. The van der Waals surface area contributed by atoms with Crippen molar-refractivity contribution in [2.75, 3.05) is 0 Å². The first-order chi connectivity index (χ1) is 12.8. The summed E-state index contributed by atoms with van der Waals surface area (Å²) in [5, 5.41) is 0. The quantitative estimate of drug-likeness (QED) is 0.336. The molecule has 0 bridgehead atoms. The molecule has 0 saturated carbocycles. The summed E-state index contributed by atoms with van der Waals surface area (Å²) in [4.78, 5) is 0. The third kappa shape index (κ3) is 5.69. The van der Waals surface area contributed by atoms with Crippen molar-refractivity contribution in [3.63, 3.8) is 0 Å². The fourth-order valence-electron chi connectivity index (χ4n) is 5.11. The second kappa shape index (κ2) is 10.7. The van der Waals surface area contributed by atoms with Crippen LogP contribution in [0, 0.1) is 0 Å². The molecular formula is C24H38Si2. The van der Waals surface area contributed by atoms with Gasteiger partial charge in [0.05, 0.1) is 8.80 Å². The highest BCUT2D eigenvalue weighted by Crippen LogP contribution is 2.42. The molecule has 2 radical (unpaired) electrons. The van der Waals surface area contributed by atoms with Crippen LogP contribution in [0.3, 0.4) is 0 Å². The molecule has 0 atom stereocenters. The Labute approximate surface area is 165 Å². The molecule has 2 aliphatic rings. The molecule has 3 rings (SSSR count). The molecule has 0 unspecified atom stereocenters. The van der Waals surface area contributed by atoms with Crippen LogP contribution in [0.25, 0.3) is 0 Å². The van der Waals surface area contributed by atoms with Crippen LogP contribution >= 0.6 is 0 Å². The lowest BCUT2D eigenvalue weighted by Crippen LogP contribution is -2.30. The van der Waals surface area contributed by atoms with Crippen LogP contribution in [0.4, 0.5) is 0 Å². The molecule has 2 fully saturated rings. The molecule has 0 aromatic heterocycles. The van der Waals surface area contributed by atoms with Crippen molar-refractivity contribution in [2.45, 2.75) is 100 Å². The van der Waals surface area contributed by atoms with Gasteiger partial charge in [-0.15, -0.1) is 0 Å². The number of rotatable bonds is 7. The topological polar surface area (TPSA) is 0 Å². The van der Waals surface area contributed by atoms with Crippen LogP contribution in [0.15, 0.2) is 36.4 Å². The van der Waals surface area contributed by atoms with Crippen LogP contribution in [-0.2, 0) is 6.42 Å². The molecule has 0 N–H and O–H groups in total. The molecule has 0 aliphatic carbocycles. The van der Waals surface area contributed by atoms with Crippen LogP contribution < -0.4 is 0 Å². The first-order valence-electron chi connectivity index (χ1n) is 11.2. The Morgan fingerprint density at radius 3 is 2.27 bits per heavy atom. The molecule has 0 nitrogen and oxygen atoms in total. The normalized spacial score (nSPS) is 21.6. The highest BCUT2D eigenvalue weighted by Gasteiger charge is 2.32.